The molecule has 7 N–H and O–H groups in total. The van der Waals surface area contributed by atoms with Gasteiger partial charge in [0.25, 0.3) is 0 Å². The number of aliphatic hydroxyl groups is 7. The van der Waals surface area contributed by atoms with E-state index in [2.05, 4.69) is 0 Å². The fourth-order valence-electron chi connectivity index (χ4n) is 5.36. The van der Waals surface area contributed by atoms with Crippen LogP contribution >= 0.6 is 0 Å². The molecule has 3 heterocycles. The number of allylic oxidation sites excluding steroid dienone is 1. The van der Waals surface area contributed by atoms with Crippen LogP contribution in [0.25, 0.3) is 6.08 Å². The van der Waals surface area contributed by atoms with Gasteiger partial charge in [-0.1, -0.05) is 36.4 Å². The van der Waals surface area contributed by atoms with Crippen molar-refractivity contribution in [3.05, 3.63) is 65.5 Å². The second-order valence-corrected chi connectivity index (χ2v) is 11.3. The van der Waals surface area contributed by atoms with Crippen molar-refractivity contribution in [2.45, 2.75) is 81.0 Å². The Labute approximate surface area is 280 Å². The molecule has 1 aromatic rings. The molecule has 0 spiro atoms. The predicted molar refractivity (Wildman–Crippen MR) is 161 cm³/mol. The molecule has 4 rings (SSSR count). The van der Waals surface area contributed by atoms with Crippen LogP contribution in [0.15, 0.2) is 59.9 Å². The quantitative estimate of drug-likeness (QED) is 0.0559. The number of aliphatic hydroxyl groups excluding tert-OH is 7. The molecule has 12 atom stereocenters. The van der Waals surface area contributed by atoms with Crippen molar-refractivity contribution in [2.75, 3.05) is 20.3 Å². The van der Waals surface area contributed by atoms with Crippen molar-refractivity contribution in [1.82, 2.24) is 0 Å². The van der Waals surface area contributed by atoms with Gasteiger partial charge in [-0.15, -0.1) is 0 Å². The van der Waals surface area contributed by atoms with Gasteiger partial charge in [0, 0.05) is 17.6 Å². The van der Waals surface area contributed by atoms with E-state index < -0.39 is 111 Å². The highest BCUT2D eigenvalue weighted by Gasteiger charge is 2.48. The van der Waals surface area contributed by atoms with Gasteiger partial charge in [0.1, 0.15) is 55.4 Å². The van der Waals surface area contributed by atoms with Crippen LogP contribution in [-0.4, -0.2) is 142 Å². The molecule has 270 valence electrons. The molecule has 0 amide bonds. The maximum absolute atomic E-state index is 13.1. The summed E-state index contributed by atoms with van der Waals surface area (Å²) < 4.78 is 37.3. The van der Waals surface area contributed by atoms with E-state index in [1.807, 2.05) is 0 Å². The summed E-state index contributed by atoms with van der Waals surface area (Å²) in [7, 11) is 1.10. The highest BCUT2D eigenvalue weighted by atomic mass is 16.8. The average molecular weight is 697 g/mol. The number of methoxy groups -OCH3 is 1. The Balaban J connectivity index is 1.41. The van der Waals surface area contributed by atoms with Gasteiger partial charge in [0.05, 0.1) is 32.0 Å². The van der Waals surface area contributed by atoms with Gasteiger partial charge >= 0.3 is 17.9 Å². The lowest BCUT2D eigenvalue weighted by molar-refractivity contribution is -0.327. The van der Waals surface area contributed by atoms with Gasteiger partial charge in [-0.2, -0.15) is 0 Å². The Bertz CT molecular complexity index is 1380. The van der Waals surface area contributed by atoms with Crippen molar-refractivity contribution < 1.29 is 83.3 Å². The van der Waals surface area contributed by atoms with Gasteiger partial charge in [0.15, 0.2) is 6.29 Å². The number of rotatable bonds is 11. The molecule has 0 bridgehead atoms. The zero-order valence-corrected chi connectivity index (χ0v) is 26.5. The van der Waals surface area contributed by atoms with Gasteiger partial charge in [-0.25, -0.2) is 9.59 Å². The van der Waals surface area contributed by atoms with Crippen LogP contribution < -0.4 is 0 Å². The Kier molecular flexibility index (Phi) is 13.4. The van der Waals surface area contributed by atoms with Crippen LogP contribution in [0.1, 0.15) is 18.9 Å². The molecule has 49 heavy (non-hydrogen) atoms. The molecular formula is C32H40O17. The molecule has 0 aliphatic carbocycles. The summed E-state index contributed by atoms with van der Waals surface area (Å²) in [6, 6.07) is 8.77. The Morgan fingerprint density at radius 3 is 2.12 bits per heavy atom. The minimum absolute atomic E-state index is 0.121. The SMILES string of the molecule is C/C=C1/[C@H](O[C@@H]2O[C@H](CO)[C@@H](O)[C@H](O)[C@H]2O)OC=C(C(=O)OC)[C@H]1CC(=O)OC[C@H]1O[C@@H](OC(=O)/C=C\c2ccccc2)[C@H](O)[C@@H](O)[C@H]1O. The van der Waals surface area contributed by atoms with Crippen molar-refractivity contribution in [1.29, 1.82) is 0 Å². The number of esters is 3. The summed E-state index contributed by atoms with van der Waals surface area (Å²) in [6.07, 6.45) is -13.6. The fourth-order valence-corrected chi connectivity index (χ4v) is 5.36. The summed E-state index contributed by atoms with van der Waals surface area (Å²) in [6.45, 7) is 0.155. The van der Waals surface area contributed by atoms with Crippen LogP contribution in [0.2, 0.25) is 0 Å². The van der Waals surface area contributed by atoms with Gasteiger partial charge in [0.2, 0.25) is 12.6 Å². The van der Waals surface area contributed by atoms with Crippen molar-refractivity contribution >= 4 is 24.0 Å². The van der Waals surface area contributed by atoms with E-state index >= 15 is 0 Å². The third-order valence-electron chi connectivity index (χ3n) is 8.12. The second-order valence-electron chi connectivity index (χ2n) is 11.3. The zero-order chi connectivity index (χ0) is 35.8. The first-order chi connectivity index (χ1) is 23.4. The lowest BCUT2D eigenvalue weighted by atomic mass is 9.86. The highest BCUT2D eigenvalue weighted by molar-refractivity contribution is 5.90. The number of hydrogen-bond acceptors (Lipinski definition) is 17. The molecule has 17 nitrogen and oxygen atoms in total. The van der Waals surface area contributed by atoms with E-state index in [0.29, 0.717) is 5.56 Å². The molecular weight excluding hydrogens is 656 g/mol. The normalized spacial score (nSPS) is 35.7. The van der Waals surface area contributed by atoms with E-state index in [1.165, 1.54) is 19.1 Å². The smallest absolute Gasteiger partial charge is 0.337 e. The van der Waals surface area contributed by atoms with Gasteiger partial charge in [-0.05, 0) is 18.6 Å². The third-order valence-corrected chi connectivity index (χ3v) is 8.12. The molecule has 2 fully saturated rings. The van der Waals surface area contributed by atoms with Gasteiger partial charge < -0.3 is 68.9 Å². The summed E-state index contributed by atoms with van der Waals surface area (Å²) in [5, 5.41) is 71.3. The molecule has 2 saturated heterocycles. The number of carbonyl (C=O) groups excluding carboxylic acids is 3. The van der Waals surface area contributed by atoms with E-state index in [1.54, 1.807) is 30.3 Å². The molecule has 0 saturated carbocycles. The van der Waals surface area contributed by atoms with Crippen LogP contribution in [0, 0.1) is 5.92 Å². The number of carbonyl (C=O) groups is 3. The summed E-state index contributed by atoms with van der Waals surface area (Å²) in [5.74, 6) is -3.82. The minimum Gasteiger partial charge on any atom is -0.468 e. The maximum atomic E-state index is 13.1. The molecule has 3 aliphatic rings. The van der Waals surface area contributed by atoms with Crippen molar-refractivity contribution in [2.24, 2.45) is 5.92 Å². The first-order valence-corrected chi connectivity index (χ1v) is 15.2. The average Bonchev–Trinajstić information content (AvgIpc) is 3.10. The Hall–Kier alpha value is -3.75. The second kappa shape index (κ2) is 17.3. The van der Waals surface area contributed by atoms with Crippen LogP contribution in [0.3, 0.4) is 0 Å². The monoisotopic (exact) mass is 696 g/mol. The fraction of sp³-hybridized carbons (Fsp3) is 0.531. The highest BCUT2D eigenvalue weighted by Crippen LogP contribution is 2.36. The van der Waals surface area contributed by atoms with E-state index in [9.17, 15) is 50.1 Å². The van der Waals surface area contributed by atoms with Crippen molar-refractivity contribution in [3.8, 4) is 0 Å². The van der Waals surface area contributed by atoms with Crippen LogP contribution in [0.4, 0.5) is 0 Å². The topological polar surface area (TPSA) is 257 Å². The lowest BCUT2D eigenvalue weighted by Crippen LogP contribution is -2.60. The molecule has 1 aromatic carbocycles. The van der Waals surface area contributed by atoms with Gasteiger partial charge in [-0.3, -0.25) is 4.79 Å². The molecule has 0 radical (unpaired) electrons. The van der Waals surface area contributed by atoms with E-state index in [4.69, 9.17) is 33.2 Å². The first kappa shape index (κ1) is 38.1. The zero-order valence-electron chi connectivity index (χ0n) is 26.5. The summed E-state index contributed by atoms with van der Waals surface area (Å²) in [4.78, 5) is 38.1. The molecule has 0 unspecified atom stereocenters. The van der Waals surface area contributed by atoms with E-state index in [0.717, 1.165) is 19.4 Å². The third kappa shape index (κ3) is 9.08. The largest absolute Gasteiger partial charge is 0.468 e. The first-order valence-electron chi connectivity index (χ1n) is 15.2. The summed E-state index contributed by atoms with van der Waals surface area (Å²) in [5.41, 5.74) is 0.733. The Morgan fingerprint density at radius 1 is 0.857 bits per heavy atom. The minimum atomic E-state index is -1.84. The Morgan fingerprint density at radius 2 is 1.49 bits per heavy atom. The number of hydrogen-bond donors (Lipinski definition) is 7. The standard InChI is InChI=1S/C32H40O17/c1-3-16-17(18(29(42)43-2)13-45-30(16)49-32-28(41)25(38)23(36)19(12-33)46-32)11-22(35)44-14-20-24(37)26(39)27(40)31(47-20)48-21(34)10-9-15-7-5-4-6-8-15/h3-10,13,17,19-20,23-28,30-33,36-41H,11-12,14H2,1-2H3/b10-9-,16-3+/t17-,19+,20+,23+,24-,25-,26-,27+,28+,30-,31-,32-/m0/s1. The maximum Gasteiger partial charge on any atom is 0.337 e. The number of benzene rings is 1. The predicted octanol–water partition coefficient (Wildman–Crippen LogP) is -2.22. The molecule has 17 heteroatoms. The lowest BCUT2D eigenvalue weighted by Gasteiger charge is -2.42. The molecule has 3 aliphatic heterocycles. The summed E-state index contributed by atoms with van der Waals surface area (Å²) >= 11 is 0. The molecule has 0 aromatic heterocycles. The number of ether oxygens (including phenoxy) is 7. The van der Waals surface area contributed by atoms with Crippen molar-refractivity contribution in [3.63, 3.8) is 0 Å². The van der Waals surface area contributed by atoms with E-state index in [-0.39, 0.29) is 11.1 Å². The van der Waals surface area contributed by atoms with Crippen LogP contribution in [0.5, 0.6) is 0 Å². The van der Waals surface area contributed by atoms with Crippen LogP contribution in [-0.2, 0) is 47.5 Å².